The van der Waals surface area contributed by atoms with E-state index in [1.165, 1.54) is 0 Å². The zero-order valence-corrected chi connectivity index (χ0v) is 12.4. The molecule has 0 fully saturated rings. The maximum absolute atomic E-state index is 11.8. The van der Waals surface area contributed by atoms with Crippen LogP contribution >= 0.6 is 31.9 Å². The summed E-state index contributed by atoms with van der Waals surface area (Å²) in [6, 6.07) is 12.8. The minimum Gasteiger partial charge on any atom is -0.457 e. The van der Waals surface area contributed by atoms with Gasteiger partial charge in [-0.15, -0.1) is 0 Å². The largest absolute Gasteiger partial charge is 0.457 e. The number of carbonyl (C=O) groups is 1. The van der Waals surface area contributed by atoms with Crippen molar-refractivity contribution in [3.05, 3.63) is 62.8 Å². The number of esters is 1. The molecule has 1 aromatic heterocycles. The van der Waals surface area contributed by atoms with Gasteiger partial charge in [0.15, 0.2) is 0 Å². The van der Waals surface area contributed by atoms with Gasteiger partial charge in [0.2, 0.25) is 0 Å². The highest BCUT2D eigenvalue weighted by Gasteiger charge is 2.09. The predicted octanol–water partition coefficient (Wildman–Crippen LogP) is 3.96. The molecular weight excluding hydrogens is 362 g/mol. The molecule has 0 aliphatic heterocycles. The second-order valence-electron chi connectivity index (χ2n) is 3.56. The van der Waals surface area contributed by atoms with E-state index in [9.17, 15) is 4.79 Å². The van der Waals surface area contributed by atoms with Crippen molar-refractivity contribution in [1.29, 1.82) is 0 Å². The van der Waals surface area contributed by atoms with E-state index in [4.69, 9.17) is 4.74 Å². The van der Waals surface area contributed by atoms with Crippen LogP contribution in [0, 0.1) is 0 Å². The number of hydrogen-bond donors (Lipinski definition) is 0. The highest BCUT2D eigenvalue weighted by Crippen LogP contribution is 2.17. The normalized spacial score (nSPS) is 10.1. The predicted molar refractivity (Wildman–Crippen MR) is 75.2 cm³/mol. The second-order valence-corrected chi connectivity index (χ2v) is 5.19. The van der Waals surface area contributed by atoms with Crippen LogP contribution in [0.2, 0.25) is 0 Å². The average Bonchev–Trinajstić information content (AvgIpc) is 2.36. The van der Waals surface area contributed by atoms with Gasteiger partial charge in [0.05, 0.1) is 5.56 Å². The summed E-state index contributed by atoms with van der Waals surface area (Å²) >= 11 is 6.46. The first-order valence-corrected chi connectivity index (χ1v) is 6.78. The molecule has 1 heterocycles. The van der Waals surface area contributed by atoms with E-state index in [0.29, 0.717) is 14.8 Å². The van der Waals surface area contributed by atoms with Crippen molar-refractivity contribution in [3.8, 4) is 0 Å². The average molecular weight is 371 g/mol. The van der Waals surface area contributed by atoms with Gasteiger partial charge in [-0.3, -0.25) is 0 Å². The third-order valence-corrected chi connectivity index (χ3v) is 3.02. The van der Waals surface area contributed by atoms with Crippen LogP contribution in [0.5, 0.6) is 0 Å². The third kappa shape index (κ3) is 3.65. The van der Waals surface area contributed by atoms with Crippen molar-refractivity contribution in [1.82, 2.24) is 4.98 Å². The fraction of sp³-hybridized carbons (Fsp3) is 0.0769. The summed E-state index contributed by atoms with van der Waals surface area (Å²) in [5.74, 6) is -0.373. The van der Waals surface area contributed by atoms with Gasteiger partial charge in [-0.2, -0.15) is 0 Å². The minimum absolute atomic E-state index is 0.261. The Bertz CT molecular complexity index is 538. The van der Waals surface area contributed by atoms with Crippen LogP contribution in [0.1, 0.15) is 15.9 Å². The Balaban J connectivity index is 2.04. The van der Waals surface area contributed by atoms with E-state index in [1.54, 1.807) is 12.1 Å². The number of nitrogens with zero attached hydrogens (tertiary/aromatic N) is 1. The molecule has 0 atom stereocenters. The molecule has 0 saturated carbocycles. The number of rotatable bonds is 3. The highest BCUT2D eigenvalue weighted by molar-refractivity contribution is 9.11. The van der Waals surface area contributed by atoms with E-state index < -0.39 is 0 Å². The topological polar surface area (TPSA) is 39.2 Å². The molecule has 0 aliphatic rings. The van der Waals surface area contributed by atoms with Gasteiger partial charge in [0, 0.05) is 0 Å². The zero-order valence-electron chi connectivity index (χ0n) is 9.27. The van der Waals surface area contributed by atoms with Crippen LogP contribution in [0.4, 0.5) is 0 Å². The SMILES string of the molecule is O=C(OCc1ccccc1)c1cc(Br)nc(Br)c1. The van der Waals surface area contributed by atoms with E-state index in [-0.39, 0.29) is 12.6 Å². The number of pyridine rings is 1. The molecule has 0 saturated heterocycles. The van der Waals surface area contributed by atoms with Crippen molar-refractivity contribution in [2.75, 3.05) is 0 Å². The van der Waals surface area contributed by atoms with Crippen LogP contribution in [0.15, 0.2) is 51.7 Å². The van der Waals surface area contributed by atoms with E-state index in [1.807, 2.05) is 30.3 Å². The molecule has 92 valence electrons. The molecule has 0 radical (unpaired) electrons. The van der Waals surface area contributed by atoms with E-state index in [2.05, 4.69) is 36.8 Å². The first kappa shape index (κ1) is 13.2. The van der Waals surface area contributed by atoms with E-state index >= 15 is 0 Å². The lowest BCUT2D eigenvalue weighted by atomic mass is 10.2. The van der Waals surface area contributed by atoms with Crippen molar-refractivity contribution < 1.29 is 9.53 Å². The van der Waals surface area contributed by atoms with E-state index in [0.717, 1.165) is 5.56 Å². The monoisotopic (exact) mass is 369 g/mol. The minimum atomic E-state index is -0.373. The Kier molecular flexibility index (Phi) is 4.49. The van der Waals surface area contributed by atoms with Crippen LogP contribution in [-0.2, 0) is 11.3 Å². The fourth-order valence-electron chi connectivity index (χ4n) is 1.39. The summed E-state index contributed by atoms with van der Waals surface area (Å²) in [5.41, 5.74) is 1.41. The summed E-state index contributed by atoms with van der Waals surface area (Å²) < 4.78 is 6.39. The van der Waals surface area contributed by atoms with Crippen LogP contribution in [-0.4, -0.2) is 11.0 Å². The summed E-state index contributed by atoms with van der Waals surface area (Å²) in [6.45, 7) is 0.261. The van der Waals surface area contributed by atoms with Gasteiger partial charge < -0.3 is 4.74 Å². The molecule has 2 rings (SSSR count). The smallest absolute Gasteiger partial charge is 0.338 e. The molecular formula is C13H9Br2NO2. The molecule has 0 bridgehead atoms. The Labute approximate surface area is 121 Å². The van der Waals surface area contributed by atoms with Gasteiger partial charge in [-0.1, -0.05) is 30.3 Å². The van der Waals surface area contributed by atoms with Gasteiger partial charge in [0.1, 0.15) is 15.8 Å². The quantitative estimate of drug-likeness (QED) is 0.606. The Morgan fingerprint density at radius 2 is 1.72 bits per heavy atom. The maximum atomic E-state index is 11.8. The van der Waals surface area contributed by atoms with Gasteiger partial charge in [0.25, 0.3) is 0 Å². The first-order valence-electron chi connectivity index (χ1n) is 5.19. The van der Waals surface area contributed by atoms with Crippen molar-refractivity contribution in [2.45, 2.75) is 6.61 Å². The lowest BCUT2D eigenvalue weighted by Gasteiger charge is -2.05. The molecule has 0 spiro atoms. The van der Waals surface area contributed by atoms with Crippen LogP contribution in [0.3, 0.4) is 0 Å². The zero-order chi connectivity index (χ0) is 13.0. The Morgan fingerprint density at radius 1 is 1.11 bits per heavy atom. The van der Waals surface area contributed by atoms with Gasteiger partial charge in [-0.05, 0) is 49.6 Å². The summed E-state index contributed by atoms with van der Waals surface area (Å²) in [5, 5.41) is 0. The molecule has 1 aromatic carbocycles. The van der Waals surface area contributed by atoms with Crippen molar-refractivity contribution >= 4 is 37.8 Å². The fourth-order valence-corrected chi connectivity index (χ4v) is 2.50. The van der Waals surface area contributed by atoms with Crippen LogP contribution < -0.4 is 0 Å². The van der Waals surface area contributed by atoms with Crippen LogP contribution in [0.25, 0.3) is 0 Å². The number of hydrogen-bond acceptors (Lipinski definition) is 3. The Hall–Kier alpha value is -1.20. The van der Waals surface area contributed by atoms with Gasteiger partial charge in [-0.25, -0.2) is 9.78 Å². The Morgan fingerprint density at radius 3 is 2.33 bits per heavy atom. The molecule has 0 unspecified atom stereocenters. The highest BCUT2D eigenvalue weighted by atomic mass is 79.9. The standard InChI is InChI=1S/C13H9Br2NO2/c14-11-6-10(7-12(15)16-11)13(17)18-8-9-4-2-1-3-5-9/h1-7H,8H2. The molecule has 18 heavy (non-hydrogen) atoms. The number of ether oxygens (including phenoxy) is 1. The molecule has 0 amide bonds. The lowest BCUT2D eigenvalue weighted by molar-refractivity contribution is 0.0472. The summed E-state index contributed by atoms with van der Waals surface area (Å²) in [7, 11) is 0. The van der Waals surface area contributed by atoms with Gasteiger partial charge >= 0.3 is 5.97 Å². The number of benzene rings is 1. The third-order valence-electron chi connectivity index (χ3n) is 2.21. The molecule has 2 aromatic rings. The maximum Gasteiger partial charge on any atom is 0.338 e. The first-order chi connectivity index (χ1) is 8.65. The molecule has 0 aliphatic carbocycles. The van der Waals surface area contributed by atoms with Crippen molar-refractivity contribution in [2.24, 2.45) is 0 Å². The summed E-state index contributed by atoms with van der Waals surface area (Å²) in [4.78, 5) is 15.9. The number of aromatic nitrogens is 1. The number of carbonyl (C=O) groups excluding carboxylic acids is 1. The lowest BCUT2D eigenvalue weighted by Crippen LogP contribution is -2.05. The van der Waals surface area contributed by atoms with Crippen molar-refractivity contribution in [3.63, 3.8) is 0 Å². The second kappa shape index (κ2) is 6.11. The summed E-state index contributed by atoms with van der Waals surface area (Å²) in [6.07, 6.45) is 0. The molecule has 0 N–H and O–H groups in total. The molecule has 5 heteroatoms. The molecule has 3 nitrogen and oxygen atoms in total. The number of halogens is 2.